The van der Waals surface area contributed by atoms with Gasteiger partial charge in [-0.25, -0.2) is 12.8 Å². The summed E-state index contributed by atoms with van der Waals surface area (Å²) < 4.78 is 37.0. The lowest BCUT2D eigenvalue weighted by Crippen LogP contribution is -2.49. The van der Waals surface area contributed by atoms with Crippen molar-refractivity contribution in [2.45, 2.75) is 62.8 Å². The van der Waals surface area contributed by atoms with Crippen LogP contribution in [0, 0.1) is 5.82 Å². The number of benzene rings is 1. The van der Waals surface area contributed by atoms with Gasteiger partial charge in [0, 0.05) is 17.3 Å². The van der Waals surface area contributed by atoms with E-state index in [2.05, 4.69) is 0 Å². The Morgan fingerprint density at radius 3 is 2.41 bits per heavy atom. The molecule has 7 heteroatoms. The SMILES string of the molecule is CC(SCC(=O)N(C1CCCCC1)C1CCS(=O)(=O)C1)c1ccc(F)cc1. The number of halogens is 1. The molecule has 4 nitrogen and oxygen atoms in total. The van der Waals surface area contributed by atoms with Gasteiger partial charge in [0.15, 0.2) is 9.84 Å². The van der Waals surface area contributed by atoms with Gasteiger partial charge in [0.25, 0.3) is 0 Å². The van der Waals surface area contributed by atoms with Gasteiger partial charge in [-0.05, 0) is 43.9 Å². The highest BCUT2D eigenvalue weighted by Crippen LogP contribution is 2.32. The summed E-state index contributed by atoms with van der Waals surface area (Å²) in [6.07, 6.45) is 5.90. The fraction of sp³-hybridized carbons (Fsp3) is 0.650. The fourth-order valence-corrected chi connectivity index (χ4v) is 6.76. The standard InChI is InChI=1S/C20H28FNO3S2/c1-15(16-7-9-17(21)10-8-16)26-13-20(23)22(18-5-3-2-4-6-18)19-11-12-27(24,25)14-19/h7-10,15,18-19H,2-6,11-14H2,1H3. The van der Waals surface area contributed by atoms with Crippen molar-refractivity contribution in [3.63, 3.8) is 0 Å². The molecule has 0 bridgehead atoms. The van der Waals surface area contributed by atoms with Crippen LogP contribution >= 0.6 is 11.8 Å². The van der Waals surface area contributed by atoms with E-state index in [1.165, 1.54) is 30.3 Å². The molecule has 3 rings (SSSR count). The predicted molar refractivity (Wildman–Crippen MR) is 108 cm³/mol. The number of carbonyl (C=O) groups excluding carboxylic acids is 1. The van der Waals surface area contributed by atoms with Crippen molar-refractivity contribution in [2.24, 2.45) is 0 Å². The summed E-state index contributed by atoms with van der Waals surface area (Å²) in [4.78, 5) is 15.0. The van der Waals surface area contributed by atoms with Crippen LogP contribution in [0.5, 0.6) is 0 Å². The molecule has 1 saturated carbocycles. The van der Waals surface area contributed by atoms with Gasteiger partial charge in [0.2, 0.25) is 5.91 Å². The van der Waals surface area contributed by atoms with Gasteiger partial charge in [-0.2, -0.15) is 0 Å². The lowest BCUT2D eigenvalue weighted by molar-refractivity contribution is -0.133. The molecule has 1 aromatic rings. The first-order valence-electron chi connectivity index (χ1n) is 9.74. The number of hydrogen-bond donors (Lipinski definition) is 0. The highest BCUT2D eigenvalue weighted by atomic mass is 32.2. The first-order valence-corrected chi connectivity index (χ1v) is 12.6. The number of nitrogens with zero attached hydrogens (tertiary/aromatic N) is 1. The first-order chi connectivity index (χ1) is 12.9. The largest absolute Gasteiger partial charge is 0.335 e. The molecule has 27 heavy (non-hydrogen) atoms. The molecule has 2 unspecified atom stereocenters. The van der Waals surface area contributed by atoms with Gasteiger partial charge in [-0.15, -0.1) is 11.8 Å². The maximum Gasteiger partial charge on any atom is 0.233 e. The third-order valence-electron chi connectivity index (χ3n) is 5.65. The van der Waals surface area contributed by atoms with Gasteiger partial charge in [0.05, 0.1) is 17.3 Å². The van der Waals surface area contributed by atoms with Gasteiger partial charge in [-0.3, -0.25) is 4.79 Å². The van der Waals surface area contributed by atoms with Crippen molar-refractivity contribution in [1.82, 2.24) is 4.90 Å². The molecule has 0 spiro atoms. The average Bonchev–Trinajstić information content (AvgIpc) is 3.00. The Balaban J connectivity index is 1.66. The molecule has 1 aromatic carbocycles. The van der Waals surface area contributed by atoms with Gasteiger partial charge < -0.3 is 4.90 Å². The number of amides is 1. The molecule has 0 aromatic heterocycles. The lowest BCUT2D eigenvalue weighted by atomic mass is 9.93. The minimum atomic E-state index is -3.03. The van der Waals surface area contributed by atoms with E-state index in [1.54, 1.807) is 12.1 Å². The molecule has 0 N–H and O–H groups in total. The normalized spacial score (nSPS) is 23.9. The molecule has 2 fully saturated rings. The van der Waals surface area contributed by atoms with Crippen LogP contribution in [-0.4, -0.2) is 48.6 Å². The summed E-state index contributed by atoms with van der Waals surface area (Å²) in [5.41, 5.74) is 0.988. The molecule has 2 atom stereocenters. The van der Waals surface area contributed by atoms with Gasteiger partial charge in [0.1, 0.15) is 5.82 Å². The smallest absolute Gasteiger partial charge is 0.233 e. The van der Waals surface area contributed by atoms with Crippen molar-refractivity contribution in [1.29, 1.82) is 0 Å². The van der Waals surface area contributed by atoms with E-state index in [1.807, 2.05) is 11.8 Å². The second kappa shape index (κ2) is 8.95. The summed E-state index contributed by atoms with van der Waals surface area (Å²) >= 11 is 1.53. The highest BCUT2D eigenvalue weighted by molar-refractivity contribution is 8.00. The molecule has 1 aliphatic heterocycles. The Hall–Kier alpha value is -1.08. The Bertz CT molecular complexity index is 745. The van der Waals surface area contributed by atoms with E-state index in [0.29, 0.717) is 12.2 Å². The highest BCUT2D eigenvalue weighted by Gasteiger charge is 2.38. The Morgan fingerprint density at radius 1 is 1.15 bits per heavy atom. The van der Waals surface area contributed by atoms with Crippen molar-refractivity contribution in [3.05, 3.63) is 35.6 Å². The molecule has 0 radical (unpaired) electrons. The molecule has 1 amide bonds. The lowest BCUT2D eigenvalue weighted by Gasteiger charge is -2.38. The zero-order chi connectivity index (χ0) is 19.4. The summed E-state index contributed by atoms with van der Waals surface area (Å²) in [6, 6.07) is 6.37. The number of rotatable bonds is 6. The van der Waals surface area contributed by atoms with Crippen molar-refractivity contribution < 1.29 is 17.6 Å². The van der Waals surface area contributed by atoms with E-state index >= 15 is 0 Å². The van der Waals surface area contributed by atoms with Crippen molar-refractivity contribution >= 4 is 27.5 Å². The molecular weight excluding hydrogens is 385 g/mol. The van der Waals surface area contributed by atoms with E-state index in [9.17, 15) is 17.6 Å². The van der Waals surface area contributed by atoms with E-state index in [4.69, 9.17) is 0 Å². The molecule has 1 aliphatic carbocycles. The van der Waals surface area contributed by atoms with Gasteiger partial charge >= 0.3 is 0 Å². The number of hydrogen-bond acceptors (Lipinski definition) is 4. The predicted octanol–water partition coefficient (Wildman–Crippen LogP) is 3.97. The second-order valence-corrected chi connectivity index (χ2v) is 11.2. The quantitative estimate of drug-likeness (QED) is 0.708. The van der Waals surface area contributed by atoms with Crippen LogP contribution < -0.4 is 0 Å². The van der Waals surface area contributed by atoms with Crippen molar-refractivity contribution in [3.8, 4) is 0 Å². The van der Waals surface area contributed by atoms with Crippen LogP contribution in [0.3, 0.4) is 0 Å². The van der Waals surface area contributed by atoms with Crippen LogP contribution in [-0.2, 0) is 14.6 Å². The molecular formula is C20H28FNO3S2. The van der Waals surface area contributed by atoms with Crippen LogP contribution in [0.2, 0.25) is 0 Å². The monoisotopic (exact) mass is 413 g/mol. The molecule has 150 valence electrons. The maximum atomic E-state index is 13.1. The minimum Gasteiger partial charge on any atom is -0.335 e. The molecule has 1 heterocycles. The summed E-state index contributed by atoms with van der Waals surface area (Å²) in [6.45, 7) is 2.01. The zero-order valence-electron chi connectivity index (χ0n) is 15.8. The summed E-state index contributed by atoms with van der Waals surface area (Å²) in [5.74, 6) is 0.396. The Kier molecular flexibility index (Phi) is 6.84. The van der Waals surface area contributed by atoms with E-state index < -0.39 is 9.84 Å². The number of carbonyl (C=O) groups is 1. The summed E-state index contributed by atoms with van der Waals surface area (Å²) in [7, 11) is -3.03. The van der Waals surface area contributed by atoms with Gasteiger partial charge in [-0.1, -0.05) is 31.4 Å². The number of sulfone groups is 1. The van der Waals surface area contributed by atoms with E-state index in [-0.39, 0.29) is 40.6 Å². The Morgan fingerprint density at radius 2 is 1.81 bits per heavy atom. The molecule has 2 aliphatic rings. The van der Waals surface area contributed by atoms with Crippen LogP contribution in [0.1, 0.15) is 56.3 Å². The van der Waals surface area contributed by atoms with Crippen molar-refractivity contribution in [2.75, 3.05) is 17.3 Å². The zero-order valence-corrected chi connectivity index (χ0v) is 17.4. The maximum absolute atomic E-state index is 13.1. The first kappa shape index (κ1) is 20.6. The van der Waals surface area contributed by atoms with Crippen LogP contribution in [0.15, 0.2) is 24.3 Å². The minimum absolute atomic E-state index is 0.0444. The topological polar surface area (TPSA) is 54.5 Å². The second-order valence-electron chi connectivity index (χ2n) is 7.65. The summed E-state index contributed by atoms with van der Waals surface area (Å²) in [5, 5.41) is 0.0788. The van der Waals surface area contributed by atoms with Crippen LogP contribution in [0.25, 0.3) is 0 Å². The Labute approximate surface area is 165 Å². The molecule has 1 saturated heterocycles. The third-order valence-corrected chi connectivity index (χ3v) is 8.59. The third kappa shape index (κ3) is 5.47. The average molecular weight is 414 g/mol. The fourth-order valence-electron chi connectivity index (χ4n) is 4.16. The number of thioether (sulfide) groups is 1. The van der Waals surface area contributed by atoms with Crippen LogP contribution in [0.4, 0.5) is 4.39 Å². The van der Waals surface area contributed by atoms with E-state index in [0.717, 1.165) is 31.2 Å².